The van der Waals surface area contributed by atoms with Crippen LogP contribution in [0.25, 0.3) is 105 Å². The number of pyridine rings is 1. The molecule has 0 spiro atoms. The lowest BCUT2D eigenvalue weighted by atomic mass is 9.91. The van der Waals surface area contributed by atoms with Gasteiger partial charge in [-0.15, -0.1) is 0 Å². The van der Waals surface area contributed by atoms with Crippen LogP contribution in [-0.2, 0) is 0 Å². The molecule has 0 radical (unpaired) electrons. The van der Waals surface area contributed by atoms with Crippen molar-refractivity contribution in [2.75, 3.05) is 0 Å². The predicted molar refractivity (Wildman–Crippen MR) is 236 cm³/mol. The van der Waals surface area contributed by atoms with Crippen molar-refractivity contribution in [3.63, 3.8) is 0 Å². The van der Waals surface area contributed by atoms with E-state index >= 15 is 0 Å². The van der Waals surface area contributed by atoms with Gasteiger partial charge >= 0.3 is 0 Å². The van der Waals surface area contributed by atoms with Crippen LogP contribution in [0.15, 0.2) is 206 Å². The molecule has 4 heteroatoms. The zero-order chi connectivity index (χ0) is 37.7. The largest absolute Gasteiger partial charge is 0.309 e. The van der Waals surface area contributed by atoms with Crippen molar-refractivity contribution in [3.05, 3.63) is 206 Å². The summed E-state index contributed by atoms with van der Waals surface area (Å²) in [6, 6.07) is 72.5. The molecule has 0 fully saturated rings. The Morgan fingerprint density at radius 1 is 0.316 bits per heavy atom. The lowest BCUT2D eigenvalue weighted by Gasteiger charge is -2.17. The highest BCUT2D eigenvalue weighted by Gasteiger charge is 2.19. The quantitative estimate of drug-likeness (QED) is 0.160. The maximum atomic E-state index is 5.37. The molecule has 57 heavy (non-hydrogen) atoms. The molecular weight excluding hydrogens is 693 g/mol. The maximum Gasteiger partial charge on any atom is 0.160 e. The van der Waals surface area contributed by atoms with Gasteiger partial charge in [-0.05, 0) is 64.4 Å². The van der Waals surface area contributed by atoms with Crippen LogP contribution in [-0.4, -0.2) is 19.5 Å². The SMILES string of the molecule is c1ccc(-c2cc(-c3ccccc3)c3c(cc(-c4cc(-c5cccc(-n6c7ccccc7c7ccccc76)c5)nc(-c5ccccc5)n4)c4ccccc43)n2)cc1. The fourth-order valence-electron chi connectivity index (χ4n) is 8.37. The van der Waals surface area contributed by atoms with Gasteiger partial charge in [0.15, 0.2) is 5.82 Å². The second kappa shape index (κ2) is 13.6. The molecular formula is C53H34N4. The summed E-state index contributed by atoms with van der Waals surface area (Å²) in [5.41, 5.74) is 13.3. The van der Waals surface area contributed by atoms with Crippen LogP contribution in [0.1, 0.15) is 0 Å². The molecule has 11 rings (SSSR count). The molecule has 0 aliphatic rings. The molecule has 0 saturated heterocycles. The fourth-order valence-corrected chi connectivity index (χ4v) is 8.37. The van der Waals surface area contributed by atoms with Gasteiger partial charge in [-0.1, -0.05) is 164 Å². The van der Waals surface area contributed by atoms with E-state index in [1.54, 1.807) is 0 Å². The topological polar surface area (TPSA) is 43.6 Å². The van der Waals surface area contributed by atoms with Crippen molar-refractivity contribution in [1.82, 2.24) is 19.5 Å². The molecule has 3 aromatic heterocycles. The van der Waals surface area contributed by atoms with E-state index in [0.29, 0.717) is 5.82 Å². The first kappa shape index (κ1) is 32.7. The van der Waals surface area contributed by atoms with E-state index in [4.69, 9.17) is 15.0 Å². The Hall–Kier alpha value is -7.69. The molecule has 0 aliphatic carbocycles. The summed E-state index contributed by atoms with van der Waals surface area (Å²) in [6.45, 7) is 0. The van der Waals surface area contributed by atoms with Crippen molar-refractivity contribution >= 4 is 43.5 Å². The van der Waals surface area contributed by atoms with Crippen LogP contribution in [0.3, 0.4) is 0 Å². The van der Waals surface area contributed by atoms with E-state index in [1.807, 2.05) is 24.3 Å². The highest BCUT2D eigenvalue weighted by atomic mass is 15.0. The number of aromatic nitrogens is 4. The zero-order valence-corrected chi connectivity index (χ0v) is 30.9. The summed E-state index contributed by atoms with van der Waals surface area (Å²) >= 11 is 0. The molecule has 3 heterocycles. The molecule has 0 bridgehead atoms. The predicted octanol–water partition coefficient (Wildman–Crippen LogP) is 13.6. The number of nitrogens with zero attached hydrogens (tertiary/aromatic N) is 4. The number of rotatable bonds is 6. The number of hydrogen-bond donors (Lipinski definition) is 0. The average Bonchev–Trinajstić information content (AvgIpc) is 3.63. The van der Waals surface area contributed by atoms with Crippen molar-refractivity contribution in [1.29, 1.82) is 0 Å². The zero-order valence-electron chi connectivity index (χ0n) is 30.9. The molecule has 0 amide bonds. The first-order valence-corrected chi connectivity index (χ1v) is 19.3. The van der Waals surface area contributed by atoms with E-state index in [2.05, 4.69) is 187 Å². The van der Waals surface area contributed by atoms with Crippen LogP contribution < -0.4 is 0 Å². The Kier molecular flexibility index (Phi) is 7.78. The number of fused-ring (bicyclic) bond motifs is 6. The Morgan fingerprint density at radius 2 is 0.842 bits per heavy atom. The third-order valence-corrected chi connectivity index (χ3v) is 11.0. The van der Waals surface area contributed by atoms with Crippen molar-refractivity contribution in [3.8, 4) is 62.0 Å². The van der Waals surface area contributed by atoms with E-state index < -0.39 is 0 Å². The Balaban J connectivity index is 1.16. The molecule has 11 aromatic rings. The number of para-hydroxylation sites is 2. The average molecular weight is 727 g/mol. The summed E-state index contributed by atoms with van der Waals surface area (Å²) in [5.74, 6) is 0.672. The summed E-state index contributed by atoms with van der Waals surface area (Å²) in [7, 11) is 0. The van der Waals surface area contributed by atoms with Crippen LogP contribution in [0.4, 0.5) is 0 Å². The molecule has 0 aliphatic heterocycles. The molecule has 0 unspecified atom stereocenters. The molecule has 0 N–H and O–H groups in total. The minimum atomic E-state index is 0.672. The molecule has 0 atom stereocenters. The van der Waals surface area contributed by atoms with Gasteiger partial charge in [0.25, 0.3) is 0 Å². The van der Waals surface area contributed by atoms with Gasteiger partial charge in [0.2, 0.25) is 0 Å². The summed E-state index contributed by atoms with van der Waals surface area (Å²) in [5, 5.41) is 5.83. The monoisotopic (exact) mass is 726 g/mol. The minimum Gasteiger partial charge on any atom is -0.309 e. The number of benzene rings is 8. The summed E-state index contributed by atoms with van der Waals surface area (Å²) in [4.78, 5) is 16.0. The van der Waals surface area contributed by atoms with Crippen molar-refractivity contribution < 1.29 is 0 Å². The Labute approximate surface area is 330 Å². The van der Waals surface area contributed by atoms with Crippen LogP contribution in [0.5, 0.6) is 0 Å². The van der Waals surface area contributed by atoms with Crippen LogP contribution >= 0.6 is 0 Å². The van der Waals surface area contributed by atoms with Crippen LogP contribution in [0.2, 0.25) is 0 Å². The normalized spacial score (nSPS) is 11.5. The number of hydrogen-bond acceptors (Lipinski definition) is 3. The van der Waals surface area contributed by atoms with Crippen LogP contribution in [0, 0.1) is 0 Å². The highest BCUT2D eigenvalue weighted by Crippen LogP contribution is 2.41. The molecule has 266 valence electrons. The Bertz CT molecular complexity index is 3230. The molecule has 8 aromatic carbocycles. The highest BCUT2D eigenvalue weighted by molar-refractivity contribution is 6.18. The van der Waals surface area contributed by atoms with Gasteiger partial charge < -0.3 is 4.57 Å². The smallest absolute Gasteiger partial charge is 0.160 e. The lowest BCUT2D eigenvalue weighted by molar-refractivity contribution is 1.16. The van der Waals surface area contributed by atoms with E-state index in [0.717, 1.165) is 77.8 Å². The van der Waals surface area contributed by atoms with Gasteiger partial charge in [0.1, 0.15) is 0 Å². The molecule has 4 nitrogen and oxygen atoms in total. The first-order chi connectivity index (χ1) is 28.3. The second-order valence-electron chi connectivity index (χ2n) is 14.4. The lowest BCUT2D eigenvalue weighted by Crippen LogP contribution is -1.99. The minimum absolute atomic E-state index is 0.672. The first-order valence-electron chi connectivity index (χ1n) is 19.3. The summed E-state index contributed by atoms with van der Waals surface area (Å²) in [6.07, 6.45) is 0. The maximum absolute atomic E-state index is 5.37. The van der Waals surface area contributed by atoms with Gasteiger partial charge in [0, 0.05) is 44.1 Å². The van der Waals surface area contributed by atoms with E-state index in [1.165, 1.54) is 21.8 Å². The Morgan fingerprint density at radius 3 is 1.53 bits per heavy atom. The van der Waals surface area contributed by atoms with Gasteiger partial charge in [-0.3, -0.25) is 0 Å². The summed E-state index contributed by atoms with van der Waals surface area (Å²) < 4.78 is 2.35. The van der Waals surface area contributed by atoms with Crippen molar-refractivity contribution in [2.45, 2.75) is 0 Å². The van der Waals surface area contributed by atoms with E-state index in [9.17, 15) is 0 Å². The van der Waals surface area contributed by atoms with Gasteiger partial charge in [-0.25, -0.2) is 15.0 Å². The third kappa shape index (κ3) is 5.66. The standard InChI is InChI=1S/C53H34N4/c1-4-17-35(18-5-1)44-32-46(36-19-6-2-7-20-36)54-49-33-45(40-25-10-11-28-43(40)52(44)49)48-34-47(55-53(56-48)37-21-8-3-9-22-37)38-23-16-24-39(31-38)57-50-29-14-12-26-41(50)42-27-13-15-30-51(42)57/h1-34H. The fraction of sp³-hybridized carbons (Fsp3) is 0. The molecule has 0 saturated carbocycles. The van der Waals surface area contributed by atoms with Gasteiger partial charge in [0.05, 0.1) is 33.6 Å². The van der Waals surface area contributed by atoms with Crippen molar-refractivity contribution in [2.24, 2.45) is 0 Å². The second-order valence-corrected chi connectivity index (χ2v) is 14.4. The van der Waals surface area contributed by atoms with Gasteiger partial charge in [-0.2, -0.15) is 0 Å². The van der Waals surface area contributed by atoms with E-state index in [-0.39, 0.29) is 0 Å². The third-order valence-electron chi connectivity index (χ3n) is 11.0.